The fourth-order valence-corrected chi connectivity index (χ4v) is 2.26. The number of rotatable bonds is 8. The molecule has 0 unspecified atom stereocenters. The van der Waals surface area contributed by atoms with Gasteiger partial charge in [0.2, 0.25) is 0 Å². The van der Waals surface area contributed by atoms with Crippen LogP contribution in [0.25, 0.3) is 0 Å². The average Bonchev–Trinajstić information content (AvgIpc) is 2.49. The first-order valence-corrected chi connectivity index (χ1v) is 7.19. The Labute approximate surface area is 124 Å². The molecule has 0 amide bonds. The molecule has 0 saturated heterocycles. The first kappa shape index (κ1) is 17.2. The van der Waals surface area contributed by atoms with Gasteiger partial charge in [-0.2, -0.15) is 0 Å². The highest BCUT2D eigenvalue weighted by molar-refractivity contribution is 6.03. The summed E-state index contributed by atoms with van der Waals surface area (Å²) in [6.45, 7) is 6.65. The number of aromatic carboxylic acids is 1. The molecule has 5 heteroatoms. The smallest absolute Gasteiger partial charge is 0.339 e. The third kappa shape index (κ3) is 4.29. The van der Waals surface area contributed by atoms with E-state index >= 15 is 0 Å². The van der Waals surface area contributed by atoms with E-state index in [1.54, 1.807) is 6.07 Å². The highest BCUT2D eigenvalue weighted by atomic mass is 16.6. The van der Waals surface area contributed by atoms with Gasteiger partial charge in [0.1, 0.15) is 6.61 Å². The second-order valence-electron chi connectivity index (χ2n) is 4.47. The van der Waals surface area contributed by atoms with Gasteiger partial charge in [-0.15, -0.1) is 0 Å². The van der Waals surface area contributed by atoms with Crippen molar-refractivity contribution in [3.8, 4) is 0 Å². The van der Waals surface area contributed by atoms with E-state index in [4.69, 9.17) is 9.47 Å². The van der Waals surface area contributed by atoms with E-state index < -0.39 is 11.9 Å². The summed E-state index contributed by atoms with van der Waals surface area (Å²) in [5.74, 6) is -1.72. The molecule has 0 aromatic heterocycles. The molecule has 0 saturated carbocycles. The predicted octanol–water partition coefficient (Wildman–Crippen LogP) is 2.70. The van der Waals surface area contributed by atoms with E-state index in [0.717, 1.165) is 12.0 Å². The first-order chi connectivity index (χ1) is 10.1. The number of benzene rings is 1. The van der Waals surface area contributed by atoms with Crippen molar-refractivity contribution in [2.45, 2.75) is 33.6 Å². The summed E-state index contributed by atoms with van der Waals surface area (Å²) in [4.78, 5) is 23.6. The van der Waals surface area contributed by atoms with Crippen LogP contribution in [0.4, 0.5) is 0 Å². The van der Waals surface area contributed by atoms with Gasteiger partial charge < -0.3 is 14.6 Å². The van der Waals surface area contributed by atoms with Crippen molar-refractivity contribution in [2.75, 3.05) is 19.8 Å². The number of hydrogen-bond donors (Lipinski definition) is 1. The van der Waals surface area contributed by atoms with Gasteiger partial charge in [-0.1, -0.05) is 19.9 Å². The van der Waals surface area contributed by atoms with Gasteiger partial charge in [-0.3, -0.25) is 0 Å². The normalized spacial score (nSPS) is 10.4. The summed E-state index contributed by atoms with van der Waals surface area (Å²) in [6, 6.07) is 3.33. The Kier molecular flexibility index (Phi) is 6.88. The van der Waals surface area contributed by atoms with Crippen molar-refractivity contribution >= 4 is 11.9 Å². The second-order valence-corrected chi connectivity index (χ2v) is 4.47. The van der Waals surface area contributed by atoms with Crippen molar-refractivity contribution < 1.29 is 24.2 Å². The molecule has 1 rings (SSSR count). The minimum Gasteiger partial charge on any atom is -0.478 e. The molecule has 0 radical (unpaired) electrons. The summed E-state index contributed by atoms with van der Waals surface area (Å²) in [5, 5.41) is 9.42. The molecular formula is C16H22O5. The van der Waals surface area contributed by atoms with Gasteiger partial charge >= 0.3 is 11.9 Å². The van der Waals surface area contributed by atoms with Crippen LogP contribution >= 0.6 is 0 Å². The minimum absolute atomic E-state index is 0.0539. The lowest BCUT2D eigenvalue weighted by atomic mass is 9.93. The Morgan fingerprint density at radius 1 is 1.10 bits per heavy atom. The lowest BCUT2D eigenvalue weighted by molar-refractivity contribution is 0.0330. The van der Waals surface area contributed by atoms with Crippen LogP contribution in [0.15, 0.2) is 12.1 Å². The largest absolute Gasteiger partial charge is 0.478 e. The Morgan fingerprint density at radius 2 is 1.81 bits per heavy atom. The standard InChI is InChI=1S/C16H22O5/c1-4-11-7-8-13(14(15(17)18)12(11)5-2)16(19)21-10-9-20-6-3/h7-8H,4-6,9-10H2,1-3H3,(H,17,18). The maximum absolute atomic E-state index is 12.1. The van der Waals surface area contributed by atoms with Gasteiger partial charge in [0.15, 0.2) is 0 Å². The monoisotopic (exact) mass is 294 g/mol. The van der Waals surface area contributed by atoms with Gasteiger partial charge in [0, 0.05) is 6.61 Å². The number of esters is 1. The third-order valence-electron chi connectivity index (χ3n) is 3.24. The average molecular weight is 294 g/mol. The van der Waals surface area contributed by atoms with E-state index in [1.165, 1.54) is 6.07 Å². The van der Waals surface area contributed by atoms with E-state index in [9.17, 15) is 14.7 Å². The van der Waals surface area contributed by atoms with E-state index in [-0.39, 0.29) is 17.7 Å². The molecule has 0 aliphatic heterocycles. The number of aryl methyl sites for hydroxylation is 1. The molecule has 21 heavy (non-hydrogen) atoms. The minimum atomic E-state index is -1.10. The first-order valence-electron chi connectivity index (χ1n) is 7.19. The zero-order valence-corrected chi connectivity index (χ0v) is 12.8. The lowest BCUT2D eigenvalue weighted by Crippen LogP contribution is -2.17. The van der Waals surface area contributed by atoms with Crippen molar-refractivity contribution in [1.29, 1.82) is 0 Å². The van der Waals surface area contributed by atoms with Crippen LogP contribution in [0.1, 0.15) is 52.6 Å². The van der Waals surface area contributed by atoms with Gasteiger partial charge in [-0.05, 0) is 37.0 Å². The molecule has 1 N–H and O–H groups in total. The number of ether oxygens (including phenoxy) is 2. The number of carbonyl (C=O) groups excluding carboxylic acids is 1. The van der Waals surface area contributed by atoms with E-state index in [0.29, 0.717) is 25.2 Å². The fraction of sp³-hybridized carbons (Fsp3) is 0.500. The maximum Gasteiger partial charge on any atom is 0.339 e. The highest BCUT2D eigenvalue weighted by Gasteiger charge is 2.22. The van der Waals surface area contributed by atoms with Crippen LogP contribution in [0, 0.1) is 0 Å². The number of carboxylic acids is 1. The van der Waals surface area contributed by atoms with Gasteiger partial charge in [0.05, 0.1) is 17.7 Å². The molecule has 0 bridgehead atoms. The van der Waals surface area contributed by atoms with Crippen LogP contribution < -0.4 is 0 Å². The fourth-order valence-electron chi connectivity index (χ4n) is 2.26. The molecule has 0 aliphatic rings. The zero-order valence-electron chi connectivity index (χ0n) is 12.8. The summed E-state index contributed by atoms with van der Waals surface area (Å²) in [5.41, 5.74) is 1.80. The van der Waals surface area contributed by atoms with Gasteiger partial charge in [-0.25, -0.2) is 9.59 Å². The SMILES string of the molecule is CCOCCOC(=O)c1ccc(CC)c(CC)c1C(=O)O. The molecule has 5 nitrogen and oxygen atoms in total. The number of carboxylic acid groups (broad SMARTS) is 1. The highest BCUT2D eigenvalue weighted by Crippen LogP contribution is 2.22. The molecule has 116 valence electrons. The van der Waals surface area contributed by atoms with Crippen molar-refractivity contribution in [1.82, 2.24) is 0 Å². The second kappa shape index (κ2) is 8.42. The predicted molar refractivity (Wildman–Crippen MR) is 78.9 cm³/mol. The van der Waals surface area contributed by atoms with Gasteiger partial charge in [0.25, 0.3) is 0 Å². The molecule has 0 heterocycles. The van der Waals surface area contributed by atoms with Crippen LogP contribution in [-0.4, -0.2) is 36.9 Å². The molecule has 0 spiro atoms. The molecular weight excluding hydrogens is 272 g/mol. The van der Waals surface area contributed by atoms with Crippen LogP contribution in [0.3, 0.4) is 0 Å². The summed E-state index contributed by atoms with van der Waals surface area (Å²) < 4.78 is 10.2. The Bertz CT molecular complexity index is 508. The Balaban J connectivity index is 3.06. The lowest BCUT2D eigenvalue weighted by Gasteiger charge is -2.14. The van der Waals surface area contributed by atoms with Crippen LogP contribution in [0.2, 0.25) is 0 Å². The number of hydrogen-bond acceptors (Lipinski definition) is 4. The molecule has 1 aromatic rings. The van der Waals surface area contributed by atoms with Crippen molar-refractivity contribution in [3.05, 3.63) is 34.4 Å². The molecule has 0 aliphatic carbocycles. The Morgan fingerprint density at radius 3 is 2.33 bits per heavy atom. The summed E-state index contributed by atoms with van der Waals surface area (Å²) in [7, 11) is 0. The Hall–Kier alpha value is -1.88. The quantitative estimate of drug-likeness (QED) is 0.589. The molecule has 1 aromatic carbocycles. The van der Waals surface area contributed by atoms with E-state index in [2.05, 4.69) is 0 Å². The molecule has 0 fully saturated rings. The third-order valence-corrected chi connectivity index (χ3v) is 3.24. The molecule has 0 atom stereocenters. The van der Waals surface area contributed by atoms with E-state index in [1.807, 2.05) is 20.8 Å². The maximum atomic E-state index is 12.1. The van der Waals surface area contributed by atoms with Crippen molar-refractivity contribution in [2.24, 2.45) is 0 Å². The van der Waals surface area contributed by atoms with Crippen molar-refractivity contribution in [3.63, 3.8) is 0 Å². The van der Waals surface area contributed by atoms with Crippen LogP contribution in [-0.2, 0) is 22.3 Å². The zero-order chi connectivity index (χ0) is 15.8. The summed E-state index contributed by atoms with van der Waals surface area (Å²) >= 11 is 0. The summed E-state index contributed by atoms with van der Waals surface area (Å²) in [6.07, 6.45) is 1.29. The topological polar surface area (TPSA) is 72.8 Å². The van der Waals surface area contributed by atoms with Crippen LogP contribution in [0.5, 0.6) is 0 Å². The number of carbonyl (C=O) groups is 2.